The van der Waals surface area contributed by atoms with E-state index in [4.69, 9.17) is 5.11 Å². The van der Waals surface area contributed by atoms with Crippen LogP contribution in [0.1, 0.15) is 6.92 Å². The van der Waals surface area contributed by atoms with Crippen molar-refractivity contribution in [2.75, 3.05) is 6.61 Å². The lowest BCUT2D eigenvalue weighted by atomic mass is 10.3. The minimum atomic E-state index is -4.40. The Balaban J connectivity index is 3.13. The molecule has 0 aromatic heterocycles. The topological polar surface area (TPSA) is 127 Å². The Hall–Kier alpha value is -1.55. The first-order valence-electron chi connectivity index (χ1n) is 4.71. The molecule has 0 aliphatic carbocycles. The number of hydrogen-bond donors (Lipinski definition) is 2. The molecule has 100 valence electrons. The van der Waals surface area contributed by atoms with E-state index in [0.717, 1.165) is 25.1 Å². The molecule has 0 aliphatic heterocycles. The van der Waals surface area contributed by atoms with Gasteiger partial charge in [0.05, 0.1) is 11.5 Å². The first kappa shape index (κ1) is 14.5. The molecule has 8 nitrogen and oxygen atoms in total. The highest BCUT2D eigenvalue weighted by molar-refractivity contribution is 7.86. The lowest BCUT2D eigenvalue weighted by molar-refractivity contribution is -0.385. The Morgan fingerprint density at radius 3 is 2.61 bits per heavy atom. The van der Waals surface area contributed by atoms with Crippen LogP contribution in [0.2, 0.25) is 0 Å². The lowest BCUT2D eigenvalue weighted by Crippen LogP contribution is -2.35. The van der Waals surface area contributed by atoms with Crippen LogP contribution < -0.4 is 0 Å². The number of aliphatic hydroxyl groups is 2. The molecular weight excluding hydrogens is 266 g/mol. The molecule has 0 radical (unpaired) electrons. The summed E-state index contributed by atoms with van der Waals surface area (Å²) >= 11 is 0. The Kier molecular flexibility index (Phi) is 4.02. The number of hydrogen-bond acceptors (Lipinski definition) is 7. The summed E-state index contributed by atoms with van der Waals surface area (Å²) in [5, 5.41) is 28.5. The third-order valence-corrected chi connectivity index (χ3v) is 3.31. The van der Waals surface area contributed by atoms with Crippen molar-refractivity contribution in [2.24, 2.45) is 0 Å². The SMILES string of the molecule is CC(O)(CO)OS(=O)(=O)c1cccc([N+](=O)[O-])c1. The maximum atomic E-state index is 11.7. The minimum Gasteiger partial charge on any atom is -0.391 e. The molecular formula is C9H11NO7S. The molecule has 0 fully saturated rings. The minimum absolute atomic E-state index is 0.427. The van der Waals surface area contributed by atoms with Gasteiger partial charge in [0.1, 0.15) is 4.90 Å². The molecule has 0 spiro atoms. The van der Waals surface area contributed by atoms with Crippen LogP contribution in [0.15, 0.2) is 29.2 Å². The van der Waals surface area contributed by atoms with E-state index in [1.165, 1.54) is 6.07 Å². The van der Waals surface area contributed by atoms with Crippen LogP contribution in [0.5, 0.6) is 0 Å². The van der Waals surface area contributed by atoms with Gasteiger partial charge in [0.25, 0.3) is 15.8 Å². The average molecular weight is 277 g/mol. The molecule has 1 unspecified atom stereocenters. The highest BCUT2D eigenvalue weighted by Gasteiger charge is 2.30. The largest absolute Gasteiger partial charge is 0.391 e. The number of rotatable bonds is 5. The van der Waals surface area contributed by atoms with Gasteiger partial charge in [-0.25, -0.2) is 4.18 Å². The fourth-order valence-corrected chi connectivity index (χ4v) is 2.20. The summed E-state index contributed by atoms with van der Waals surface area (Å²) in [7, 11) is -4.40. The fourth-order valence-electron chi connectivity index (χ4n) is 1.06. The zero-order valence-corrected chi connectivity index (χ0v) is 10.1. The van der Waals surface area contributed by atoms with E-state index in [9.17, 15) is 23.6 Å². The number of non-ortho nitro benzene ring substituents is 1. The van der Waals surface area contributed by atoms with Gasteiger partial charge in [-0.15, -0.1) is 0 Å². The number of aliphatic hydroxyl groups excluding tert-OH is 1. The second-order valence-corrected chi connectivity index (χ2v) is 5.17. The van der Waals surface area contributed by atoms with Crippen LogP contribution in [0.4, 0.5) is 5.69 Å². The normalized spacial score (nSPS) is 15.1. The van der Waals surface area contributed by atoms with Crippen LogP contribution in [-0.4, -0.2) is 35.9 Å². The summed E-state index contributed by atoms with van der Waals surface area (Å²) in [6, 6.07) is 4.16. The number of nitro groups is 1. The predicted octanol–water partition coefficient (Wildman–Crippen LogP) is 0.000900. The van der Waals surface area contributed by atoms with Crippen molar-refractivity contribution in [3.05, 3.63) is 34.4 Å². The molecule has 1 atom stereocenters. The second kappa shape index (κ2) is 4.98. The third kappa shape index (κ3) is 3.47. The summed E-state index contributed by atoms with van der Waals surface area (Å²) in [6.45, 7) is 0.00304. The Morgan fingerprint density at radius 2 is 2.11 bits per heavy atom. The van der Waals surface area contributed by atoms with E-state index in [0.29, 0.717) is 0 Å². The maximum Gasteiger partial charge on any atom is 0.300 e. The van der Waals surface area contributed by atoms with Crippen LogP contribution >= 0.6 is 0 Å². The van der Waals surface area contributed by atoms with Gasteiger partial charge >= 0.3 is 0 Å². The molecule has 0 aliphatic rings. The fraction of sp³-hybridized carbons (Fsp3) is 0.333. The zero-order valence-electron chi connectivity index (χ0n) is 9.31. The van der Waals surface area contributed by atoms with Crippen LogP contribution in [0, 0.1) is 10.1 Å². The summed E-state index contributed by atoms with van der Waals surface area (Å²) in [5.74, 6) is -2.29. The van der Waals surface area contributed by atoms with E-state index in [1.807, 2.05) is 0 Å². The third-order valence-electron chi connectivity index (χ3n) is 1.90. The van der Waals surface area contributed by atoms with Gasteiger partial charge in [-0.05, 0) is 13.0 Å². The monoisotopic (exact) mass is 277 g/mol. The zero-order chi connectivity index (χ0) is 14.0. The van der Waals surface area contributed by atoms with Crippen molar-refractivity contribution in [3.63, 3.8) is 0 Å². The van der Waals surface area contributed by atoms with Gasteiger partial charge < -0.3 is 10.2 Å². The first-order chi connectivity index (χ1) is 8.18. The average Bonchev–Trinajstić information content (AvgIpc) is 2.28. The van der Waals surface area contributed by atoms with Gasteiger partial charge in [-0.2, -0.15) is 8.42 Å². The quantitative estimate of drug-likeness (QED) is 0.335. The number of nitrogens with zero attached hydrogens (tertiary/aromatic N) is 1. The van der Waals surface area contributed by atoms with Gasteiger partial charge in [0.2, 0.25) is 5.79 Å². The molecule has 1 aromatic rings. The summed E-state index contributed by atoms with van der Waals surface area (Å²) < 4.78 is 27.7. The van der Waals surface area contributed by atoms with Gasteiger partial charge in [-0.3, -0.25) is 10.1 Å². The van der Waals surface area contributed by atoms with E-state index in [1.54, 1.807) is 0 Å². The van der Waals surface area contributed by atoms with Crippen molar-refractivity contribution in [1.29, 1.82) is 0 Å². The molecule has 1 rings (SSSR count). The van der Waals surface area contributed by atoms with Crippen molar-refractivity contribution in [2.45, 2.75) is 17.6 Å². The molecule has 18 heavy (non-hydrogen) atoms. The molecule has 0 saturated carbocycles. The Morgan fingerprint density at radius 1 is 1.50 bits per heavy atom. The lowest BCUT2D eigenvalue weighted by Gasteiger charge is -2.19. The molecule has 1 aromatic carbocycles. The van der Waals surface area contributed by atoms with E-state index in [2.05, 4.69) is 4.18 Å². The summed E-state index contributed by atoms with van der Waals surface area (Å²) in [5.41, 5.74) is -0.427. The van der Waals surface area contributed by atoms with Gasteiger partial charge in [0.15, 0.2) is 0 Å². The van der Waals surface area contributed by atoms with E-state index >= 15 is 0 Å². The smallest absolute Gasteiger partial charge is 0.300 e. The maximum absolute atomic E-state index is 11.7. The molecule has 9 heteroatoms. The molecule has 2 N–H and O–H groups in total. The second-order valence-electron chi connectivity index (χ2n) is 3.63. The molecule has 0 heterocycles. The molecule has 0 bridgehead atoms. The standard InChI is InChI=1S/C9H11NO7S/c1-9(12,6-11)17-18(15,16)8-4-2-3-7(5-8)10(13)14/h2-5,11-12H,6H2,1H3. The Labute approximate surface area is 103 Å². The van der Waals surface area contributed by atoms with Crippen molar-refractivity contribution < 1.29 is 27.7 Å². The van der Waals surface area contributed by atoms with Crippen molar-refractivity contribution >= 4 is 15.8 Å². The van der Waals surface area contributed by atoms with Crippen molar-refractivity contribution in [1.82, 2.24) is 0 Å². The van der Waals surface area contributed by atoms with Crippen LogP contribution in [-0.2, 0) is 14.3 Å². The highest BCUT2D eigenvalue weighted by atomic mass is 32.2. The van der Waals surface area contributed by atoms with Gasteiger partial charge in [-0.1, -0.05) is 6.07 Å². The summed E-state index contributed by atoms with van der Waals surface area (Å²) in [6.07, 6.45) is 0. The van der Waals surface area contributed by atoms with Crippen molar-refractivity contribution in [3.8, 4) is 0 Å². The number of nitro benzene ring substituents is 1. The van der Waals surface area contributed by atoms with E-state index < -0.39 is 38.0 Å². The van der Waals surface area contributed by atoms with Gasteiger partial charge in [0, 0.05) is 12.1 Å². The van der Waals surface area contributed by atoms with Crippen LogP contribution in [0.25, 0.3) is 0 Å². The van der Waals surface area contributed by atoms with E-state index in [-0.39, 0.29) is 0 Å². The molecule has 0 saturated heterocycles. The predicted molar refractivity (Wildman–Crippen MR) is 59.1 cm³/mol. The molecule has 0 amide bonds. The first-order valence-corrected chi connectivity index (χ1v) is 6.12. The summed E-state index contributed by atoms with van der Waals surface area (Å²) in [4.78, 5) is 9.26. The Bertz CT molecular complexity index is 552. The van der Waals surface area contributed by atoms with Crippen LogP contribution in [0.3, 0.4) is 0 Å². The number of benzene rings is 1. The highest BCUT2D eigenvalue weighted by Crippen LogP contribution is 2.22.